The number of ether oxygens (including phenoxy) is 2. The molecule has 4 nitrogen and oxygen atoms in total. The second kappa shape index (κ2) is 9.02. The van der Waals surface area contributed by atoms with Crippen molar-refractivity contribution >= 4 is 11.9 Å². The van der Waals surface area contributed by atoms with E-state index in [9.17, 15) is 9.59 Å². The van der Waals surface area contributed by atoms with Crippen LogP contribution < -0.4 is 0 Å². The van der Waals surface area contributed by atoms with Gasteiger partial charge in [0.1, 0.15) is 12.2 Å². The molecule has 0 spiro atoms. The summed E-state index contributed by atoms with van der Waals surface area (Å²) < 4.78 is 11.2. The molecule has 0 aromatic heterocycles. The molecular formula is C21H24O4. The monoisotopic (exact) mass is 340 g/mol. The maximum absolute atomic E-state index is 12.3. The van der Waals surface area contributed by atoms with Crippen molar-refractivity contribution in [2.75, 3.05) is 0 Å². The average molecular weight is 340 g/mol. The lowest BCUT2D eigenvalue weighted by molar-refractivity contribution is -0.0238. The third-order valence-electron chi connectivity index (χ3n) is 4.30. The van der Waals surface area contributed by atoms with Crippen LogP contribution in [0.4, 0.5) is 0 Å². The summed E-state index contributed by atoms with van der Waals surface area (Å²) in [7, 11) is 0. The smallest absolute Gasteiger partial charge is 0.338 e. The van der Waals surface area contributed by atoms with Gasteiger partial charge in [-0.05, 0) is 37.6 Å². The maximum atomic E-state index is 12.3. The van der Waals surface area contributed by atoms with Crippen LogP contribution in [0.5, 0.6) is 0 Å². The molecule has 25 heavy (non-hydrogen) atoms. The van der Waals surface area contributed by atoms with Gasteiger partial charge in [0.05, 0.1) is 11.1 Å². The fourth-order valence-corrected chi connectivity index (χ4v) is 2.56. The zero-order chi connectivity index (χ0) is 18.2. The van der Waals surface area contributed by atoms with E-state index in [0.29, 0.717) is 17.5 Å². The fourth-order valence-electron chi connectivity index (χ4n) is 2.56. The van der Waals surface area contributed by atoms with E-state index in [2.05, 4.69) is 0 Å². The van der Waals surface area contributed by atoms with E-state index >= 15 is 0 Å². The van der Waals surface area contributed by atoms with E-state index in [4.69, 9.17) is 9.47 Å². The highest BCUT2D eigenvalue weighted by Gasteiger charge is 2.28. The van der Waals surface area contributed by atoms with Crippen LogP contribution in [0.2, 0.25) is 0 Å². The Bertz CT molecular complexity index is 682. The first-order valence-electron chi connectivity index (χ1n) is 8.55. The van der Waals surface area contributed by atoms with E-state index < -0.39 is 0 Å². The number of esters is 2. The normalized spacial score (nSPS) is 14.2. The van der Waals surface area contributed by atoms with Gasteiger partial charge in [0.2, 0.25) is 0 Å². The van der Waals surface area contributed by atoms with Gasteiger partial charge in [0.15, 0.2) is 0 Å². The predicted molar refractivity (Wildman–Crippen MR) is 96.4 cm³/mol. The molecule has 0 bridgehead atoms. The van der Waals surface area contributed by atoms with Crippen LogP contribution in [0.3, 0.4) is 0 Å². The van der Waals surface area contributed by atoms with Gasteiger partial charge in [-0.15, -0.1) is 0 Å². The molecule has 0 saturated carbocycles. The summed E-state index contributed by atoms with van der Waals surface area (Å²) in [6.45, 7) is 5.70. The number of benzene rings is 2. The lowest BCUT2D eigenvalue weighted by Gasteiger charge is -2.27. The third-order valence-corrected chi connectivity index (χ3v) is 4.30. The highest BCUT2D eigenvalue weighted by Crippen LogP contribution is 2.20. The second-order valence-corrected chi connectivity index (χ2v) is 6.05. The second-order valence-electron chi connectivity index (χ2n) is 6.05. The fraction of sp³-hybridized carbons (Fsp3) is 0.333. The number of rotatable bonds is 7. The largest absolute Gasteiger partial charge is 0.459 e. The average Bonchev–Trinajstić information content (AvgIpc) is 2.66. The van der Waals surface area contributed by atoms with Crippen molar-refractivity contribution in [3.8, 4) is 0 Å². The number of carbonyl (C=O) groups excluding carboxylic acids is 2. The van der Waals surface area contributed by atoms with Gasteiger partial charge in [-0.2, -0.15) is 0 Å². The SMILES string of the molecule is CCC(OC(=O)c1ccccc1)C(C)C(C)OC(=O)c1ccccc1. The molecular weight excluding hydrogens is 316 g/mol. The van der Waals surface area contributed by atoms with Crippen LogP contribution in [0.15, 0.2) is 60.7 Å². The van der Waals surface area contributed by atoms with E-state index in [1.54, 1.807) is 48.5 Å². The van der Waals surface area contributed by atoms with Crippen LogP contribution >= 0.6 is 0 Å². The Morgan fingerprint density at radius 2 is 1.24 bits per heavy atom. The van der Waals surface area contributed by atoms with Crippen LogP contribution in [0, 0.1) is 5.92 Å². The molecule has 3 unspecified atom stereocenters. The topological polar surface area (TPSA) is 52.6 Å². The lowest BCUT2D eigenvalue weighted by Crippen LogP contribution is -2.34. The maximum Gasteiger partial charge on any atom is 0.338 e. The number of hydrogen-bond acceptors (Lipinski definition) is 4. The van der Waals surface area contributed by atoms with Gasteiger partial charge in [-0.25, -0.2) is 9.59 Å². The summed E-state index contributed by atoms with van der Waals surface area (Å²) in [6, 6.07) is 17.7. The molecule has 2 aromatic carbocycles. The molecule has 0 radical (unpaired) electrons. The van der Waals surface area contributed by atoms with Crippen molar-refractivity contribution in [3.05, 3.63) is 71.8 Å². The van der Waals surface area contributed by atoms with E-state index in [0.717, 1.165) is 0 Å². The Balaban J connectivity index is 1.97. The van der Waals surface area contributed by atoms with E-state index in [-0.39, 0.29) is 30.1 Å². The lowest BCUT2D eigenvalue weighted by atomic mass is 9.97. The Labute approximate surface area is 148 Å². The zero-order valence-corrected chi connectivity index (χ0v) is 14.8. The summed E-state index contributed by atoms with van der Waals surface area (Å²) in [5.41, 5.74) is 1.03. The summed E-state index contributed by atoms with van der Waals surface area (Å²) in [5.74, 6) is -0.851. The summed E-state index contributed by atoms with van der Waals surface area (Å²) in [5, 5.41) is 0. The summed E-state index contributed by atoms with van der Waals surface area (Å²) in [4.78, 5) is 24.4. The molecule has 4 heteroatoms. The van der Waals surface area contributed by atoms with Gasteiger partial charge in [0, 0.05) is 5.92 Å². The zero-order valence-electron chi connectivity index (χ0n) is 14.8. The van der Waals surface area contributed by atoms with Crippen molar-refractivity contribution in [1.82, 2.24) is 0 Å². The third kappa shape index (κ3) is 5.18. The first-order valence-corrected chi connectivity index (χ1v) is 8.55. The molecule has 0 aliphatic rings. The minimum absolute atomic E-state index is 0.120. The van der Waals surface area contributed by atoms with Crippen LogP contribution in [-0.4, -0.2) is 24.1 Å². The standard InChI is InChI=1S/C21H24O4/c1-4-19(25-21(23)18-13-9-6-10-14-18)15(2)16(3)24-20(22)17-11-7-5-8-12-17/h5-16,19H,4H2,1-3H3. The van der Waals surface area contributed by atoms with Crippen LogP contribution in [0.25, 0.3) is 0 Å². The Morgan fingerprint density at radius 3 is 1.68 bits per heavy atom. The Morgan fingerprint density at radius 1 is 0.800 bits per heavy atom. The Kier molecular flexibility index (Phi) is 6.75. The number of hydrogen-bond donors (Lipinski definition) is 0. The first kappa shape index (κ1) is 18.7. The molecule has 0 heterocycles. The van der Waals surface area contributed by atoms with E-state index in [1.807, 2.05) is 32.9 Å². The van der Waals surface area contributed by atoms with Gasteiger partial charge < -0.3 is 9.47 Å². The van der Waals surface area contributed by atoms with Crippen molar-refractivity contribution in [2.45, 2.75) is 39.4 Å². The summed E-state index contributed by atoms with van der Waals surface area (Å²) in [6.07, 6.45) is -0.0556. The molecule has 0 saturated heterocycles. The van der Waals surface area contributed by atoms with Gasteiger partial charge in [-0.3, -0.25) is 0 Å². The molecule has 2 rings (SSSR count). The number of carbonyl (C=O) groups is 2. The van der Waals surface area contributed by atoms with Gasteiger partial charge >= 0.3 is 11.9 Å². The molecule has 0 fully saturated rings. The predicted octanol–water partition coefficient (Wildman–Crippen LogP) is 4.50. The van der Waals surface area contributed by atoms with Crippen molar-refractivity contribution in [3.63, 3.8) is 0 Å². The summed E-state index contributed by atoms with van der Waals surface area (Å²) >= 11 is 0. The van der Waals surface area contributed by atoms with Gasteiger partial charge in [0.25, 0.3) is 0 Å². The molecule has 0 aliphatic carbocycles. The minimum atomic E-state index is -0.374. The van der Waals surface area contributed by atoms with Crippen molar-refractivity contribution in [1.29, 1.82) is 0 Å². The van der Waals surface area contributed by atoms with Crippen LogP contribution in [-0.2, 0) is 9.47 Å². The van der Waals surface area contributed by atoms with Crippen molar-refractivity contribution < 1.29 is 19.1 Å². The molecule has 2 aromatic rings. The molecule has 3 atom stereocenters. The Hall–Kier alpha value is -2.62. The van der Waals surface area contributed by atoms with Crippen LogP contribution in [0.1, 0.15) is 47.9 Å². The first-order chi connectivity index (χ1) is 12.0. The highest BCUT2D eigenvalue weighted by molar-refractivity contribution is 5.90. The molecule has 0 aliphatic heterocycles. The minimum Gasteiger partial charge on any atom is -0.459 e. The molecule has 0 N–H and O–H groups in total. The molecule has 132 valence electrons. The molecule has 0 amide bonds. The van der Waals surface area contributed by atoms with Gasteiger partial charge in [-0.1, -0.05) is 50.2 Å². The van der Waals surface area contributed by atoms with E-state index in [1.165, 1.54) is 0 Å². The highest BCUT2D eigenvalue weighted by atomic mass is 16.6. The quantitative estimate of drug-likeness (QED) is 0.696. The van der Waals surface area contributed by atoms with Crippen molar-refractivity contribution in [2.24, 2.45) is 5.92 Å².